The number of benzene rings is 1. The molecule has 9 heteroatoms. The second kappa shape index (κ2) is 8.41. The van der Waals surface area contributed by atoms with Crippen LogP contribution < -0.4 is 9.47 Å². The van der Waals surface area contributed by atoms with E-state index in [1.165, 1.54) is 5.56 Å². The van der Waals surface area contributed by atoms with Crippen molar-refractivity contribution in [1.29, 1.82) is 0 Å². The van der Waals surface area contributed by atoms with Crippen LogP contribution in [0.1, 0.15) is 21.6 Å². The van der Waals surface area contributed by atoms with Crippen LogP contribution in [0, 0.1) is 6.92 Å². The van der Waals surface area contributed by atoms with E-state index in [-0.39, 0.29) is 12.7 Å². The monoisotopic (exact) mass is 475 g/mol. The number of piperazine rings is 1. The molecule has 0 aliphatic carbocycles. The zero-order valence-electron chi connectivity index (χ0n) is 19.2. The molecule has 2 aliphatic heterocycles. The Kier molecular flexibility index (Phi) is 5.23. The topological polar surface area (TPSA) is 72.7 Å². The second-order valence-electron chi connectivity index (χ2n) is 8.70. The fraction of sp³-hybridized carbons (Fsp3) is 0.320. The number of pyridine rings is 1. The number of thiophene rings is 1. The molecule has 2 aliphatic rings. The van der Waals surface area contributed by atoms with Crippen LogP contribution in [0.15, 0.2) is 41.8 Å². The molecule has 0 radical (unpaired) electrons. The van der Waals surface area contributed by atoms with Gasteiger partial charge in [0.05, 0.1) is 27.2 Å². The predicted octanol–water partition coefficient (Wildman–Crippen LogP) is 3.69. The molecule has 174 valence electrons. The second-order valence-corrected chi connectivity index (χ2v) is 9.64. The van der Waals surface area contributed by atoms with Crippen molar-refractivity contribution in [2.75, 3.05) is 33.0 Å². The van der Waals surface area contributed by atoms with Crippen molar-refractivity contribution >= 4 is 28.3 Å². The predicted molar refractivity (Wildman–Crippen MR) is 130 cm³/mol. The number of hydrogen-bond donors (Lipinski definition) is 0. The average Bonchev–Trinajstić information content (AvgIpc) is 3.60. The van der Waals surface area contributed by atoms with Crippen LogP contribution in [-0.4, -0.2) is 63.4 Å². The fourth-order valence-corrected chi connectivity index (χ4v) is 5.43. The molecule has 5 heterocycles. The first-order valence-corrected chi connectivity index (χ1v) is 12.2. The van der Waals surface area contributed by atoms with Gasteiger partial charge < -0.3 is 14.4 Å². The Labute approximate surface area is 201 Å². The van der Waals surface area contributed by atoms with Gasteiger partial charge in [-0.3, -0.25) is 14.4 Å². The number of carbonyl (C=O) groups excluding carboxylic acids is 1. The van der Waals surface area contributed by atoms with Crippen molar-refractivity contribution in [3.63, 3.8) is 0 Å². The van der Waals surface area contributed by atoms with Crippen molar-refractivity contribution in [3.05, 3.63) is 58.6 Å². The normalized spacial score (nSPS) is 15.9. The molecule has 1 saturated heterocycles. The maximum Gasteiger partial charge on any atom is 0.254 e. The lowest BCUT2D eigenvalue weighted by Crippen LogP contribution is -2.48. The van der Waals surface area contributed by atoms with E-state index in [0.717, 1.165) is 58.4 Å². The van der Waals surface area contributed by atoms with Gasteiger partial charge in [-0.25, -0.2) is 4.98 Å². The third-order valence-corrected chi connectivity index (χ3v) is 7.37. The Bertz CT molecular complexity index is 1370. The van der Waals surface area contributed by atoms with Gasteiger partial charge >= 0.3 is 0 Å². The van der Waals surface area contributed by atoms with Crippen LogP contribution >= 0.6 is 11.3 Å². The molecule has 0 saturated carbocycles. The van der Waals surface area contributed by atoms with Gasteiger partial charge in [-0.15, -0.1) is 11.3 Å². The van der Waals surface area contributed by atoms with Crippen molar-refractivity contribution in [1.82, 2.24) is 24.6 Å². The van der Waals surface area contributed by atoms with Crippen LogP contribution in [0.25, 0.3) is 21.6 Å². The molecule has 0 spiro atoms. The molecule has 0 atom stereocenters. The van der Waals surface area contributed by atoms with Gasteiger partial charge in [-0.1, -0.05) is 12.1 Å². The van der Waals surface area contributed by atoms with Crippen LogP contribution in [0.3, 0.4) is 0 Å². The van der Waals surface area contributed by atoms with E-state index in [2.05, 4.69) is 16.1 Å². The largest absolute Gasteiger partial charge is 0.454 e. The molecule has 34 heavy (non-hydrogen) atoms. The number of ether oxygens (including phenoxy) is 2. The number of hydrogen-bond acceptors (Lipinski definition) is 7. The highest BCUT2D eigenvalue weighted by Gasteiger charge is 2.27. The van der Waals surface area contributed by atoms with Gasteiger partial charge in [0.1, 0.15) is 0 Å². The van der Waals surface area contributed by atoms with Crippen molar-refractivity contribution in [2.24, 2.45) is 7.05 Å². The zero-order chi connectivity index (χ0) is 23.2. The minimum atomic E-state index is 0.0454. The summed E-state index contributed by atoms with van der Waals surface area (Å²) in [6, 6.07) is 12.1. The quantitative estimate of drug-likeness (QED) is 0.448. The molecule has 8 nitrogen and oxygen atoms in total. The van der Waals surface area contributed by atoms with Gasteiger partial charge in [0, 0.05) is 39.8 Å². The summed E-state index contributed by atoms with van der Waals surface area (Å²) in [6.07, 6.45) is 0. The molecule has 4 aromatic rings. The molecule has 0 N–H and O–H groups in total. The lowest BCUT2D eigenvalue weighted by Gasteiger charge is -2.35. The first-order valence-electron chi connectivity index (χ1n) is 11.4. The molecular weight excluding hydrogens is 450 g/mol. The molecule has 0 bridgehead atoms. The van der Waals surface area contributed by atoms with E-state index >= 15 is 0 Å². The Hall–Kier alpha value is -3.43. The first-order chi connectivity index (χ1) is 16.6. The highest BCUT2D eigenvalue weighted by atomic mass is 32.1. The summed E-state index contributed by atoms with van der Waals surface area (Å²) in [5, 5.41) is 7.41. The number of amides is 1. The van der Waals surface area contributed by atoms with Crippen LogP contribution in [0.2, 0.25) is 0 Å². The standard InChI is InChI=1S/C25H25N5O3S/c1-16-23-18(13-19(22-4-3-11-34-22)26-24(23)28(2)27-16)25(31)30-9-7-29(8-10-30)14-17-5-6-20-21(12-17)33-15-32-20/h3-6,11-13H,7-10,14-15H2,1-2H3. The average molecular weight is 476 g/mol. The highest BCUT2D eigenvalue weighted by Crippen LogP contribution is 2.33. The van der Waals surface area contributed by atoms with E-state index in [9.17, 15) is 4.79 Å². The Balaban J connectivity index is 1.22. The molecule has 1 aromatic carbocycles. The summed E-state index contributed by atoms with van der Waals surface area (Å²) in [4.78, 5) is 23.9. The van der Waals surface area contributed by atoms with Crippen molar-refractivity contribution in [2.45, 2.75) is 13.5 Å². The van der Waals surface area contributed by atoms with Crippen molar-refractivity contribution in [3.8, 4) is 22.1 Å². The van der Waals surface area contributed by atoms with E-state index in [0.29, 0.717) is 18.7 Å². The highest BCUT2D eigenvalue weighted by molar-refractivity contribution is 7.13. The lowest BCUT2D eigenvalue weighted by atomic mass is 10.1. The number of aromatic nitrogens is 3. The van der Waals surface area contributed by atoms with Gasteiger partial charge in [-0.05, 0) is 42.1 Å². The van der Waals surface area contributed by atoms with E-state index < -0.39 is 0 Å². The first kappa shape index (κ1) is 21.1. The maximum atomic E-state index is 13.7. The smallest absolute Gasteiger partial charge is 0.254 e. The third kappa shape index (κ3) is 3.70. The van der Waals surface area contributed by atoms with Crippen LogP contribution in [0.5, 0.6) is 11.5 Å². The Morgan fingerprint density at radius 3 is 2.71 bits per heavy atom. The summed E-state index contributed by atoms with van der Waals surface area (Å²) in [6.45, 7) is 6.04. The molecule has 1 fully saturated rings. The summed E-state index contributed by atoms with van der Waals surface area (Å²) in [5.74, 6) is 1.65. The number of nitrogens with zero attached hydrogens (tertiary/aromatic N) is 5. The van der Waals surface area contributed by atoms with Crippen molar-refractivity contribution < 1.29 is 14.3 Å². The summed E-state index contributed by atoms with van der Waals surface area (Å²) in [7, 11) is 1.88. The Morgan fingerprint density at radius 1 is 1.09 bits per heavy atom. The molecular formula is C25H25N5O3S. The summed E-state index contributed by atoms with van der Waals surface area (Å²) >= 11 is 1.62. The maximum absolute atomic E-state index is 13.7. The number of rotatable bonds is 4. The lowest BCUT2D eigenvalue weighted by molar-refractivity contribution is 0.0630. The Morgan fingerprint density at radius 2 is 1.91 bits per heavy atom. The number of carbonyl (C=O) groups is 1. The summed E-state index contributed by atoms with van der Waals surface area (Å²) in [5.41, 5.74) is 4.26. The molecule has 6 rings (SSSR count). The zero-order valence-corrected chi connectivity index (χ0v) is 20.0. The molecule has 3 aromatic heterocycles. The van der Waals surface area contributed by atoms with Gasteiger partial charge in [0.2, 0.25) is 6.79 Å². The van der Waals surface area contributed by atoms with E-state index in [1.807, 2.05) is 54.6 Å². The molecule has 1 amide bonds. The van der Waals surface area contributed by atoms with Gasteiger partial charge in [-0.2, -0.15) is 5.10 Å². The van der Waals surface area contributed by atoms with Gasteiger partial charge in [0.25, 0.3) is 5.91 Å². The fourth-order valence-electron chi connectivity index (χ4n) is 4.74. The van der Waals surface area contributed by atoms with Gasteiger partial charge in [0.15, 0.2) is 17.1 Å². The number of fused-ring (bicyclic) bond motifs is 2. The van der Waals surface area contributed by atoms with E-state index in [1.54, 1.807) is 16.0 Å². The minimum Gasteiger partial charge on any atom is -0.454 e. The summed E-state index contributed by atoms with van der Waals surface area (Å²) < 4.78 is 12.7. The van der Waals surface area contributed by atoms with E-state index in [4.69, 9.17) is 14.5 Å². The SMILES string of the molecule is Cc1nn(C)c2nc(-c3cccs3)cc(C(=O)N3CCN(Cc4ccc5c(c4)OCO5)CC3)c12. The minimum absolute atomic E-state index is 0.0454. The van der Waals surface area contributed by atoms with Crippen LogP contribution in [0.4, 0.5) is 0 Å². The molecule has 0 unspecified atom stereocenters. The number of aryl methyl sites for hydroxylation is 2. The van der Waals surface area contributed by atoms with Crippen LogP contribution in [-0.2, 0) is 13.6 Å². The third-order valence-electron chi connectivity index (χ3n) is 6.48.